The molecule has 22 heavy (non-hydrogen) atoms. The third kappa shape index (κ3) is 4.17. The van der Waals surface area contributed by atoms with Crippen molar-refractivity contribution in [2.75, 3.05) is 0 Å². The Morgan fingerprint density at radius 1 is 1.41 bits per heavy atom. The summed E-state index contributed by atoms with van der Waals surface area (Å²) in [5.41, 5.74) is 0.145. The number of nitrogens with one attached hydrogen (secondary N) is 1. The molecule has 0 aliphatic rings. The number of hydrogen-bond donors (Lipinski definition) is 1. The van der Waals surface area contributed by atoms with Crippen LogP contribution >= 0.6 is 15.9 Å². The van der Waals surface area contributed by atoms with E-state index in [1.165, 1.54) is 19.3 Å². The Bertz CT molecular complexity index is 672. The highest BCUT2D eigenvalue weighted by atomic mass is 79.9. The molecule has 0 unspecified atom stereocenters. The molecular formula is C15H13BrFNO4. The first-order valence-electron chi connectivity index (χ1n) is 6.43. The highest BCUT2D eigenvalue weighted by Gasteiger charge is 2.20. The maximum absolute atomic E-state index is 13.0. The van der Waals surface area contributed by atoms with Gasteiger partial charge in [-0.1, -0.05) is 0 Å². The molecule has 0 aliphatic carbocycles. The number of carbonyl (C=O) groups is 2. The van der Waals surface area contributed by atoms with Gasteiger partial charge in [-0.2, -0.15) is 0 Å². The molecule has 0 spiro atoms. The fourth-order valence-electron chi connectivity index (χ4n) is 1.66. The molecule has 0 radical (unpaired) electrons. The maximum Gasteiger partial charge on any atom is 0.340 e. The largest absolute Gasteiger partial charge is 0.467 e. The number of furan rings is 1. The molecule has 2 rings (SSSR count). The van der Waals surface area contributed by atoms with Crippen LogP contribution in [0.25, 0.3) is 0 Å². The third-order valence-electron chi connectivity index (χ3n) is 2.82. The molecule has 1 aromatic heterocycles. The Labute approximate surface area is 134 Å². The predicted octanol–water partition coefficient (Wildman–Crippen LogP) is 3.04. The van der Waals surface area contributed by atoms with Gasteiger partial charge in [-0.15, -0.1) is 0 Å². The summed E-state index contributed by atoms with van der Waals surface area (Å²) >= 11 is 3.08. The van der Waals surface area contributed by atoms with Crippen LogP contribution in [0, 0.1) is 5.82 Å². The van der Waals surface area contributed by atoms with Crippen LogP contribution in [0.4, 0.5) is 4.39 Å². The van der Waals surface area contributed by atoms with Crippen LogP contribution in [0.3, 0.4) is 0 Å². The summed E-state index contributed by atoms with van der Waals surface area (Å²) in [6, 6.07) is 7.00. The van der Waals surface area contributed by atoms with E-state index in [9.17, 15) is 14.0 Å². The van der Waals surface area contributed by atoms with E-state index >= 15 is 0 Å². The number of hydrogen-bond acceptors (Lipinski definition) is 4. The number of amides is 1. The fraction of sp³-hybridized carbons (Fsp3) is 0.200. The molecule has 2 aromatic rings. The van der Waals surface area contributed by atoms with Crippen molar-refractivity contribution in [3.8, 4) is 0 Å². The molecule has 116 valence electrons. The van der Waals surface area contributed by atoms with Gasteiger partial charge in [-0.05, 0) is 53.2 Å². The zero-order chi connectivity index (χ0) is 16.1. The van der Waals surface area contributed by atoms with Gasteiger partial charge in [0.1, 0.15) is 11.6 Å². The van der Waals surface area contributed by atoms with Crippen LogP contribution in [-0.2, 0) is 16.1 Å². The van der Waals surface area contributed by atoms with Gasteiger partial charge in [0.15, 0.2) is 6.10 Å². The van der Waals surface area contributed by atoms with E-state index in [0.717, 1.165) is 12.1 Å². The van der Waals surface area contributed by atoms with Crippen molar-refractivity contribution in [3.63, 3.8) is 0 Å². The van der Waals surface area contributed by atoms with Crippen molar-refractivity contribution in [1.82, 2.24) is 5.32 Å². The summed E-state index contributed by atoms with van der Waals surface area (Å²) < 4.78 is 23.4. The van der Waals surface area contributed by atoms with Gasteiger partial charge in [-0.3, -0.25) is 4.79 Å². The Balaban J connectivity index is 1.91. The minimum atomic E-state index is -0.987. The van der Waals surface area contributed by atoms with Crippen LogP contribution < -0.4 is 5.32 Å². The summed E-state index contributed by atoms with van der Waals surface area (Å²) in [6.07, 6.45) is 0.510. The molecule has 0 fully saturated rings. The van der Waals surface area contributed by atoms with Gasteiger partial charge in [0.05, 0.1) is 18.4 Å². The van der Waals surface area contributed by atoms with Gasteiger partial charge >= 0.3 is 5.97 Å². The van der Waals surface area contributed by atoms with Crippen LogP contribution in [0.2, 0.25) is 0 Å². The lowest BCUT2D eigenvalue weighted by Crippen LogP contribution is -2.35. The number of ether oxygens (including phenoxy) is 1. The van der Waals surface area contributed by atoms with E-state index in [2.05, 4.69) is 21.2 Å². The molecule has 1 atom stereocenters. The SMILES string of the molecule is C[C@@H](OC(=O)c1ccc(F)cc1Br)C(=O)NCc1ccco1. The summed E-state index contributed by atoms with van der Waals surface area (Å²) in [5, 5.41) is 2.58. The molecular weight excluding hydrogens is 357 g/mol. The monoisotopic (exact) mass is 369 g/mol. The average Bonchev–Trinajstić information content (AvgIpc) is 2.97. The highest BCUT2D eigenvalue weighted by molar-refractivity contribution is 9.10. The van der Waals surface area contributed by atoms with Crippen molar-refractivity contribution in [2.24, 2.45) is 0 Å². The molecule has 7 heteroatoms. The number of carbonyl (C=O) groups excluding carboxylic acids is 2. The fourth-order valence-corrected chi connectivity index (χ4v) is 2.18. The smallest absolute Gasteiger partial charge is 0.340 e. The Hall–Kier alpha value is -2.15. The second-order valence-electron chi connectivity index (χ2n) is 4.47. The zero-order valence-corrected chi connectivity index (χ0v) is 13.2. The minimum absolute atomic E-state index is 0.145. The lowest BCUT2D eigenvalue weighted by atomic mass is 10.2. The molecule has 1 aromatic carbocycles. The third-order valence-corrected chi connectivity index (χ3v) is 3.48. The van der Waals surface area contributed by atoms with E-state index in [-0.39, 0.29) is 16.6 Å². The van der Waals surface area contributed by atoms with Crippen LogP contribution in [0.1, 0.15) is 23.0 Å². The topological polar surface area (TPSA) is 68.5 Å². The number of benzene rings is 1. The molecule has 1 amide bonds. The molecule has 0 saturated heterocycles. The van der Waals surface area contributed by atoms with Crippen molar-refractivity contribution in [2.45, 2.75) is 19.6 Å². The molecule has 0 bridgehead atoms. The first-order valence-corrected chi connectivity index (χ1v) is 7.23. The quantitative estimate of drug-likeness (QED) is 0.822. The van der Waals surface area contributed by atoms with Gasteiger partial charge in [-0.25, -0.2) is 9.18 Å². The average molecular weight is 370 g/mol. The lowest BCUT2D eigenvalue weighted by Gasteiger charge is -2.13. The van der Waals surface area contributed by atoms with Gasteiger partial charge < -0.3 is 14.5 Å². The van der Waals surface area contributed by atoms with Gasteiger partial charge in [0.25, 0.3) is 5.91 Å². The van der Waals surface area contributed by atoms with Crippen LogP contribution in [0.5, 0.6) is 0 Å². The highest BCUT2D eigenvalue weighted by Crippen LogP contribution is 2.19. The molecule has 1 N–H and O–H groups in total. The molecule has 1 heterocycles. The minimum Gasteiger partial charge on any atom is -0.467 e. The van der Waals surface area contributed by atoms with Crippen molar-refractivity contribution < 1.29 is 23.1 Å². The van der Waals surface area contributed by atoms with Crippen LogP contribution in [0.15, 0.2) is 45.5 Å². The normalized spacial score (nSPS) is 11.8. The van der Waals surface area contributed by atoms with Gasteiger partial charge in [0, 0.05) is 4.47 Å². The lowest BCUT2D eigenvalue weighted by molar-refractivity contribution is -0.129. The van der Waals surface area contributed by atoms with E-state index in [1.54, 1.807) is 12.1 Å². The van der Waals surface area contributed by atoms with Gasteiger partial charge in [0.2, 0.25) is 0 Å². The van der Waals surface area contributed by atoms with E-state index < -0.39 is 23.8 Å². The van der Waals surface area contributed by atoms with Crippen molar-refractivity contribution >= 4 is 27.8 Å². The Kier molecular flexibility index (Phi) is 5.32. The summed E-state index contributed by atoms with van der Waals surface area (Å²) in [4.78, 5) is 23.8. The number of esters is 1. The Morgan fingerprint density at radius 3 is 2.82 bits per heavy atom. The first-order chi connectivity index (χ1) is 10.5. The number of halogens is 2. The van der Waals surface area contributed by atoms with Crippen molar-refractivity contribution in [1.29, 1.82) is 0 Å². The summed E-state index contributed by atoms with van der Waals surface area (Å²) in [5.74, 6) is -1.06. The number of rotatable bonds is 5. The van der Waals surface area contributed by atoms with Crippen molar-refractivity contribution in [3.05, 3.63) is 58.2 Å². The maximum atomic E-state index is 13.0. The summed E-state index contributed by atoms with van der Waals surface area (Å²) in [6.45, 7) is 1.65. The predicted molar refractivity (Wildman–Crippen MR) is 79.5 cm³/mol. The standard InChI is InChI=1S/C15H13BrFNO4/c1-9(14(19)18-8-11-3-2-6-21-11)22-15(20)12-5-4-10(17)7-13(12)16/h2-7,9H,8H2,1H3,(H,18,19)/t9-/m1/s1. The first kappa shape index (κ1) is 16.2. The second-order valence-corrected chi connectivity index (χ2v) is 5.32. The van der Waals surface area contributed by atoms with Crippen LogP contribution in [-0.4, -0.2) is 18.0 Å². The molecule has 0 aliphatic heterocycles. The molecule has 5 nitrogen and oxygen atoms in total. The second kappa shape index (κ2) is 7.22. The Morgan fingerprint density at radius 2 is 2.18 bits per heavy atom. The molecule has 0 saturated carbocycles. The van der Waals surface area contributed by atoms with E-state index in [1.807, 2.05) is 0 Å². The summed E-state index contributed by atoms with van der Waals surface area (Å²) in [7, 11) is 0. The zero-order valence-electron chi connectivity index (χ0n) is 11.6. The van der Waals surface area contributed by atoms with E-state index in [0.29, 0.717) is 5.76 Å². The van der Waals surface area contributed by atoms with E-state index in [4.69, 9.17) is 9.15 Å².